The molecule has 4 heteroatoms. The van der Waals surface area contributed by atoms with Crippen molar-refractivity contribution in [2.45, 2.75) is 78.9 Å². The van der Waals surface area contributed by atoms with Crippen LogP contribution in [0.25, 0.3) is 0 Å². The molecule has 0 radical (unpaired) electrons. The molecule has 1 heterocycles. The average molecular weight is 369 g/mol. The predicted molar refractivity (Wildman–Crippen MR) is 109 cm³/mol. The first-order valence-electron chi connectivity index (χ1n) is 10.4. The number of aromatic nitrogens is 2. The highest BCUT2D eigenvalue weighted by Gasteiger charge is 2.26. The van der Waals surface area contributed by atoms with Crippen molar-refractivity contribution in [3.8, 4) is 5.75 Å². The largest absolute Gasteiger partial charge is 0.491 e. The van der Waals surface area contributed by atoms with Crippen LogP contribution in [-0.2, 0) is 25.8 Å². The highest BCUT2D eigenvalue weighted by molar-refractivity contribution is 5.99. The molecule has 27 heavy (non-hydrogen) atoms. The van der Waals surface area contributed by atoms with E-state index in [0.717, 1.165) is 49.2 Å². The summed E-state index contributed by atoms with van der Waals surface area (Å²) in [6.07, 6.45) is 9.99. The number of ether oxygens (including phenoxy) is 1. The van der Waals surface area contributed by atoms with Crippen LogP contribution in [0.1, 0.15) is 74.3 Å². The Labute approximate surface area is 163 Å². The van der Waals surface area contributed by atoms with E-state index < -0.39 is 0 Å². The van der Waals surface area contributed by atoms with Gasteiger partial charge in [0.15, 0.2) is 5.78 Å². The molecule has 1 aromatic carbocycles. The minimum atomic E-state index is -0.0209. The zero-order valence-electron chi connectivity index (χ0n) is 17.1. The number of rotatable bonds is 8. The molecule has 0 fully saturated rings. The number of hydrogen-bond donors (Lipinski definition) is 0. The van der Waals surface area contributed by atoms with Crippen molar-refractivity contribution in [2.75, 3.05) is 0 Å². The molecule has 4 nitrogen and oxygen atoms in total. The molecule has 0 saturated heterocycles. The molecule has 1 aliphatic carbocycles. The molecule has 1 aliphatic rings. The van der Waals surface area contributed by atoms with Crippen LogP contribution in [0.4, 0.5) is 0 Å². The van der Waals surface area contributed by atoms with Gasteiger partial charge < -0.3 is 9.30 Å². The number of Topliss-reactive ketones (excluding diaryl/α,β-unsaturated/α-hetero) is 1. The highest BCUT2D eigenvalue weighted by Crippen LogP contribution is 2.34. The summed E-state index contributed by atoms with van der Waals surface area (Å²) in [5.41, 5.74) is 3.39. The fraction of sp³-hybridized carbons (Fsp3) is 0.565. The van der Waals surface area contributed by atoms with Crippen LogP contribution in [0, 0.1) is 5.92 Å². The van der Waals surface area contributed by atoms with Gasteiger partial charge in [0.05, 0.1) is 6.10 Å². The van der Waals surface area contributed by atoms with E-state index in [1.165, 1.54) is 17.5 Å². The Balaban J connectivity index is 1.90. The smallest absolute Gasteiger partial charge is 0.168 e. The lowest BCUT2D eigenvalue weighted by Crippen LogP contribution is -2.23. The average Bonchev–Trinajstić information content (AvgIpc) is 3.12. The monoisotopic (exact) mass is 368 g/mol. The zero-order valence-corrected chi connectivity index (χ0v) is 17.1. The van der Waals surface area contributed by atoms with Gasteiger partial charge in [0.25, 0.3) is 0 Å². The third-order valence-corrected chi connectivity index (χ3v) is 5.52. The molecule has 0 bridgehead atoms. The summed E-state index contributed by atoms with van der Waals surface area (Å²) in [6.45, 7) is 9.02. The molecule has 1 aromatic heterocycles. The number of hydrogen-bond acceptors (Lipinski definition) is 3. The van der Waals surface area contributed by atoms with Crippen LogP contribution in [0.2, 0.25) is 0 Å². The van der Waals surface area contributed by atoms with E-state index >= 15 is 0 Å². The van der Waals surface area contributed by atoms with Crippen LogP contribution in [-0.4, -0.2) is 21.4 Å². The van der Waals surface area contributed by atoms with E-state index in [1.807, 2.05) is 24.5 Å². The van der Waals surface area contributed by atoms with Gasteiger partial charge in [-0.1, -0.05) is 13.8 Å². The van der Waals surface area contributed by atoms with E-state index in [2.05, 4.69) is 37.2 Å². The molecule has 0 amide bonds. The van der Waals surface area contributed by atoms with Gasteiger partial charge in [-0.15, -0.1) is 0 Å². The van der Waals surface area contributed by atoms with Crippen LogP contribution in [0.5, 0.6) is 5.75 Å². The number of imidazole rings is 1. The van der Waals surface area contributed by atoms with Crippen LogP contribution in [0.15, 0.2) is 24.5 Å². The Morgan fingerprint density at radius 1 is 1.19 bits per heavy atom. The van der Waals surface area contributed by atoms with Gasteiger partial charge in [-0.05, 0) is 69.2 Å². The maximum Gasteiger partial charge on any atom is 0.168 e. The summed E-state index contributed by atoms with van der Waals surface area (Å²) in [7, 11) is 0. The number of benzene rings is 1. The van der Waals surface area contributed by atoms with Gasteiger partial charge in [-0.2, -0.15) is 0 Å². The summed E-state index contributed by atoms with van der Waals surface area (Å²) in [6, 6.07) is 4.01. The van der Waals surface area contributed by atoms with E-state index in [0.29, 0.717) is 6.54 Å². The molecule has 1 atom stereocenters. The highest BCUT2D eigenvalue weighted by atomic mass is 16.5. The lowest BCUT2D eigenvalue weighted by Gasteiger charge is -2.25. The summed E-state index contributed by atoms with van der Waals surface area (Å²) < 4.78 is 8.16. The first-order chi connectivity index (χ1) is 13.0. The molecule has 0 N–H and O–H groups in total. The molecular formula is C23H32N2O2. The normalized spacial score (nSPS) is 14.9. The van der Waals surface area contributed by atoms with Crippen molar-refractivity contribution in [3.63, 3.8) is 0 Å². The Hall–Kier alpha value is -2.10. The number of nitrogens with zero attached hydrogens (tertiary/aromatic N) is 2. The molecular weight excluding hydrogens is 336 g/mol. The standard InChI is InChI=1S/C23H32N2O2/c1-5-17(15-25-14-13-24-22(25)6-2)23(26)20-11-12-21(27-16(3)4)19-10-8-7-9-18(19)20/h11-14,16-17H,5-10,15H2,1-4H3. The second kappa shape index (κ2) is 8.73. The van der Waals surface area contributed by atoms with E-state index in [9.17, 15) is 4.79 Å². The Bertz CT molecular complexity index is 792. The number of carbonyl (C=O) groups excluding carboxylic acids is 1. The van der Waals surface area contributed by atoms with E-state index in [1.54, 1.807) is 0 Å². The van der Waals surface area contributed by atoms with Crippen molar-refractivity contribution in [2.24, 2.45) is 5.92 Å². The molecule has 146 valence electrons. The SMILES string of the molecule is CCc1nccn1CC(CC)C(=O)c1ccc(OC(C)C)c2c1CCCC2. The van der Waals surface area contributed by atoms with E-state index in [-0.39, 0.29) is 17.8 Å². The molecule has 3 rings (SSSR count). The van der Waals surface area contributed by atoms with E-state index in [4.69, 9.17) is 4.74 Å². The Kier molecular flexibility index (Phi) is 6.35. The first-order valence-corrected chi connectivity index (χ1v) is 10.4. The van der Waals surface area contributed by atoms with Gasteiger partial charge >= 0.3 is 0 Å². The van der Waals surface area contributed by atoms with Crippen molar-refractivity contribution in [1.82, 2.24) is 9.55 Å². The quantitative estimate of drug-likeness (QED) is 0.615. The van der Waals surface area contributed by atoms with Gasteiger partial charge in [0.2, 0.25) is 0 Å². The van der Waals surface area contributed by atoms with Crippen molar-refractivity contribution in [3.05, 3.63) is 47.0 Å². The van der Waals surface area contributed by atoms with Crippen molar-refractivity contribution in [1.29, 1.82) is 0 Å². The topological polar surface area (TPSA) is 44.1 Å². The third kappa shape index (κ3) is 4.26. The fourth-order valence-electron chi connectivity index (χ4n) is 4.11. The second-order valence-corrected chi connectivity index (χ2v) is 7.76. The van der Waals surface area contributed by atoms with Crippen LogP contribution < -0.4 is 4.74 Å². The first kappa shape index (κ1) is 19.7. The molecule has 0 saturated carbocycles. The van der Waals surface area contributed by atoms with Gasteiger partial charge in [0.1, 0.15) is 11.6 Å². The Morgan fingerprint density at radius 2 is 1.93 bits per heavy atom. The van der Waals surface area contributed by atoms with Crippen LogP contribution >= 0.6 is 0 Å². The lowest BCUT2D eigenvalue weighted by atomic mass is 9.83. The fourth-order valence-corrected chi connectivity index (χ4v) is 4.11. The maximum atomic E-state index is 13.4. The van der Waals surface area contributed by atoms with Crippen molar-refractivity contribution >= 4 is 5.78 Å². The molecule has 2 aromatic rings. The minimum absolute atomic E-state index is 0.0209. The zero-order chi connectivity index (χ0) is 19.4. The lowest BCUT2D eigenvalue weighted by molar-refractivity contribution is 0.0901. The molecule has 1 unspecified atom stereocenters. The summed E-state index contributed by atoms with van der Waals surface area (Å²) >= 11 is 0. The van der Waals surface area contributed by atoms with Crippen molar-refractivity contribution < 1.29 is 9.53 Å². The number of carbonyl (C=O) groups is 1. The van der Waals surface area contributed by atoms with Gasteiger partial charge in [-0.25, -0.2) is 4.98 Å². The van der Waals surface area contributed by atoms with Gasteiger partial charge in [-0.3, -0.25) is 4.79 Å². The number of ketones is 1. The summed E-state index contributed by atoms with van der Waals surface area (Å²) in [5, 5.41) is 0. The number of aryl methyl sites for hydroxylation is 1. The summed E-state index contributed by atoms with van der Waals surface area (Å²) in [4.78, 5) is 17.8. The summed E-state index contributed by atoms with van der Waals surface area (Å²) in [5.74, 6) is 2.26. The van der Waals surface area contributed by atoms with Gasteiger partial charge in [0, 0.05) is 36.8 Å². The maximum absolute atomic E-state index is 13.4. The minimum Gasteiger partial charge on any atom is -0.491 e. The number of fused-ring (bicyclic) bond motifs is 1. The van der Waals surface area contributed by atoms with Crippen LogP contribution in [0.3, 0.4) is 0 Å². The second-order valence-electron chi connectivity index (χ2n) is 7.76. The molecule has 0 spiro atoms. The molecule has 0 aliphatic heterocycles. The third-order valence-electron chi connectivity index (χ3n) is 5.52. The Morgan fingerprint density at radius 3 is 2.59 bits per heavy atom. The predicted octanol–water partition coefficient (Wildman–Crippen LogP) is 5.02.